The molecule has 1 aliphatic heterocycles. The van der Waals surface area contributed by atoms with Gasteiger partial charge in [-0.25, -0.2) is 4.79 Å². The lowest BCUT2D eigenvalue weighted by Crippen LogP contribution is -2.51. The van der Waals surface area contributed by atoms with Crippen LogP contribution in [0, 0.1) is 17.3 Å². The number of urea groups is 1. The molecule has 0 aromatic heterocycles. The first-order chi connectivity index (χ1) is 9.61. The van der Waals surface area contributed by atoms with Gasteiger partial charge >= 0.3 is 12.0 Å². The van der Waals surface area contributed by atoms with Crippen molar-refractivity contribution in [2.45, 2.75) is 44.9 Å². The van der Waals surface area contributed by atoms with Gasteiger partial charge in [0.1, 0.15) is 0 Å². The zero-order valence-electron chi connectivity index (χ0n) is 11.9. The third kappa shape index (κ3) is 2.38. The van der Waals surface area contributed by atoms with Crippen molar-refractivity contribution in [2.24, 2.45) is 17.3 Å². The summed E-state index contributed by atoms with van der Waals surface area (Å²) in [6.07, 6.45) is 8.34. The molecule has 2 saturated carbocycles. The number of likely N-dealkylation sites (tertiary alicyclic amines) is 1. The van der Waals surface area contributed by atoms with Gasteiger partial charge in [0.2, 0.25) is 0 Å². The Morgan fingerprint density at radius 3 is 2.40 bits per heavy atom. The topological polar surface area (TPSA) is 69.6 Å². The lowest BCUT2D eigenvalue weighted by molar-refractivity contribution is -0.141. The molecule has 0 aromatic carbocycles. The number of aliphatic carboxylic acids is 1. The van der Waals surface area contributed by atoms with Crippen LogP contribution < -0.4 is 5.32 Å². The van der Waals surface area contributed by atoms with Gasteiger partial charge < -0.3 is 15.3 Å². The molecule has 112 valence electrons. The Kier molecular flexibility index (Phi) is 3.61. The second-order valence-electron chi connectivity index (χ2n) is 6.77. The smallest absolute Gasteiger partial charge is 0.317 e. The van der Waals surface area contributed by atoms with Gasteiger partial charge in [0.25, 0.3) is 0 Å². The highest BCUT2D eigenvalue weighted by Gasteiger charge is 2.46. The van der Waals surface area contributed by atoms with Crippen molar-refractivity contribution >= 4 is 12.0 Å². The maximum Gasteiger partial charge on any atom is 0.317 e. The van der Waals surface area contributed by atoms with E-state index in [9.17, 15) is 9.59 Å². The van der Waals surface area contributed by atoms with Gasteiger partial charge in [0, 0.05) is 19.6 Å². The van der Waals surface area contributed by atoms with E-state index in [-0.39, 0.29) is 11.9 Å². The quantitative estimate of drug-likeness (QED) is 0.828. The Labute approximate surface area is 119 Å². The Morgan fingerprint density at radius 1 is 1.20 bits per heavy atom. The number of carbonyl (C=O) groups is 2. The SMILES string of the molecule is O=C(O)C1CCN(C(=O)NCC2(C3CCC3)CCC2)C1. The van der Waals surface area contributed by atoms with Crippen LogP contribution in [0.4, 0.5) is 4.79 Å². The van der Waals surface area contributed by atoms with Crippen LogP contribution in [-0.4, -0.2) is 41.6 Å². The molecule has 3 aliphatic rings. The number of rotatable bonds is 4. The number of hydrogen-bond donors (Lipinski definition) is 2. The first kappa shape index (κ1) is 13.7. The van der Waals surface area contributed by atoms with Crippen molar-refractivity contribution in [1.29, 1.82) is 0 Å². The molecule has 0 spiro atoms. The van der Waals surface area contributed by atoms with E-state index in [1.807, 2.05) is 0 Å². The first-order valence-corrected chi connectivity index (χ1v) is 7.86. The lowest BCUT2D eigenvalue weighted by Gasteiger charge is -2.52. The van der Waals surface area contributed by atoms with Crippen LogP contribution in [0.15, 0.2) is 0 Å². The third-order valence-electron chi connectivity index (χ3n) is 5.74. The summed E-state index contributed by atoms with van der Waals surface area (Å²) in [5.41, 5.74) is 0.361. The highest BCUT2D eigenvalue weighted by Crippen LogP contribution is 2.53. The Morgan fingerprint density at radius 2 is 1.95 bits per heavy atom. The van der Waals surface area contributed by atoms with Gasteiger partial charge in [-0.05, 0) is 43.4 Å². The van der Waals surface area contributed by atoms with Crippen molar-refractivity contribution in [2.75, 3.05) is 19.6 Å². The van der Waals surface area contributed by atoms with E-state index in [0.29, 0.717) is 24.9 Å². The average molecular weight is 280 g/mol. The Balaban J connectivity index is 1.48. The zero-order valence-corrected chi connectivity index (χ0v) is 11.9. The summed E-state index contributed by atoms with van der Waals surface area (Å²) in [5.74, 6) is -0.364. The van der Waals surface area contributed by atoms with Gasteiger partial charge in [-0.1, -0.05) is 12.8 Å². The maximum absolute atomic E-state index is 12.2. The number of carboxylic acid groups (broad SMARTS) is 1. The third-order valence-corrected chi connectivity index (χ3v) is 5.74. The van der Waals surface area contributed by atoms with Crippen LogP contribution >= 0.6 is 0 Å². The fourth-order valence-electron chi connectivity index (χ4n) is 3.89. The highest BCUT2D eigenvalue weighted by molar-refractivity contribution is 5.77. The number of hydrogen-bond acceptors (Lipinski definition) is 2. The molecule has 0 bridgehead atoms. The normalized spacial score (nSPS) is 28.6. The molecular weight excluding hydrogens is 256 g/mol. The molecule has 1 saturated heterocycles. The second kappa shape index (κ2) is 5.26. The summed E-state index contributed by atoms with van der Waals surface area (Å²) in [6, 6.07) is -0.0700. The van der Waals surface area contributed by atoms with Crippen molar-refractivity contribution in [3.63, 3.8) is 0 Å². The van der Waals surface area contributed by atoms with Crippen LogP contribution in [0.3, 0.4) is 0 Å². The summed E-state index contributed by atoms with van der Waals surface area (Å²) in [4.78, 5) is 24.7. The highest BCUT2D eigenvalue weighted by atomic mass is 16.4. The van der Waals surface area contributed by atoms with Crippen LogP contribution in [0.2, 0.25) is 0 Å². The van der Waals surface area contributed by atoms with Gasteiger partial charge in [-0.2, -0.15) is 0 Å². The van der Waals surface area contributed by atoms with Crippen molar-refractivity contribution in [3.05, 3.63) is 0 Å². The van der Waals surface area contributed by atoms with Crippen LogP contribution in [0.5, 0.6) is 0 Å². The largest absolute Gasteiger partial charge is 0.481 e. The summed E-state index contributed by atoms with van der Waals surface area (Å²) >= 11 is 0. The molecule has 2 amide bonds. The number of nitrogens with one attached hydrogen (secondary N) is 1. The zero-order chi connectivity index (χ0) is 14.2. The van der Waals surface area contributed by atoms with Gasteiger partial charge in [0.15, 0.2) is 0 Å². The van der Waals surface area contributed by atoms with Crippen molar-refractivity contribution < 1.29 is 14.7 Å². The van der Waals surface area contributed by atoms with E-state index in [0.717, 1.165) is 12.5 Å². The lowest BCUT2D eigenvalue weighted by atomic mass is 9.55. The summed E-state index contributed by atoms with van der Waals surface area (Å²) in [7, 11) is 0. The number of carbonyl (C=O) groups excluding carboxylic acids is 1. The molecule has 20 heavy (non-hydrogen) atoms. The predicted molar refractivity (Wildman–Crippen MR) is 74.3 cm³/mol. The molecule has 0 radical (unpaired) electrons. The molecule has 0 aromatic rings. The van der Waals surface area contributed by atoms with Crippen molar-refractivity contribution in [1.82, 2.24) is 10.2 Å². The number of amides is 2. The molecule has 1 atom stereocenters. The van der Waals surface area contributed by atoms with Gasteiger partial charge in [-0.3, -0.25) is 4.79 Å². The summed E-state index contributed by atoms with van der Waals surface area (Å²) in [5, 5.41) is 12.0. The predicted octanol–water partition coefficient (Wildman–Crippen LogP) is 2.07. The molecule has 1 unspecified atom stereocenters. The van der Waals surface area contributed by atoms with E-state index in [1.165, 1.54) is 38.5 Å². The van der Waals surface area contributed by atoms with E-state index < -0.39 is 5.97 Å². The van der Waals surface area contributed by atoms with Crippen LogP contribution in [0.25, 0.3) is 0 Å². The summed E-state index contributed by atoms with van der Waals surface area (Å²) < 4.78 is 0. The molecule has 1 heterocycles. The standard InChI is InChI=1S/C15H24N2O3/c18-13(19)11-5-8-17(9-11)14(20)16-10-15(6-2-7-15)12-3-1-4-12/h11-12H,1-10H2,(H,16,20)(H,18,19). The average Bonchev–Trinajstić information content (AvgIpc) is 2.78. The second-order valence-corrected chi connectivity index (χ2v) is 6.77. The van der Waals surface area contributed by atoms with Gasteiger partial charge in [0.05, 0.1) is 5.92 Å². The molecule has 5 nitrogen and oxygen atoms in total. The van der Waals surface area contributed by atoms with Crippen molar-refractivity contribution in [3.8, 4) is 0 Å². The molecule has 5 heteroatoms. The fourth-order valence-corrected chi connectivity index (χ4v) is 3.89. The van der Waals surface area contributed by atoms with Crippen LogP contribution in [0.1, 0.15) is 44.9 Å². The fraction of sp³-hybridized carbons (Fsp3) is 0.867. The Bertz CT molecular complexity index is 402. The van der Waals surface area contributed by atoms with E-state index >= 15 is 0 Å². The molecule has 3 rings (SSSR count). The summed E-state index contributed by atoms with van der Waals surface area (Å²) in [6.45, 7) is 1.71. The minimum absolute atomic E-state index is 0.0700. The van der Waals surface area contributed by atoms with E-state index in [4.69, 9.17) is 5.11 Å². The maximum atomic E-state index is 12.2. The Hall–Kier alpha value is -1.26. The number of carboxylic acids is 1. The minimum Gasteiger partial charge on any atom is -0.481 e. The molecule has 2 aliphatic carbocycles. The van der Waals surface area contributed by atoms with Crippen LogP contribution in [-0.2, 0) is 4.79 Å². The minimum atomic E-state index is -0.787. The monoisotopic (exact) mass is 280 g/mol. The molecule has 3 fully saturated rings. The van der Waals surface area contributed by atoms with Gasteiger partial charge in [-0.15, -0.1) is 0 Å². The van der Waals surface area contributed by atoms with E-state index in [1.54, 1.807) is 4.90 Å². The molecule has 2 N–H and O–H groups in total. The number of nitrogens with zero attached hydrogens (tertiary/aromatic N) is 1. The first-order valence-electron chi connectivity index (χ1n) is 7.86. The van der Waals surface area contributed by atoms with E-state index in [2.05, 4.69) is 5.32 Å². The molecular formula is C15H24N2O3.